The maximum atomic E-state index is 12.9. The summed E-state index contributed by atoms with van der Waals surface area (Å²) in [5.74, 6) is -5.12. The van der Waals surface area contributed by atoms with Crippen molar-refractivity contribution >= 4 is 5.97 Å². The number of aliphatic carboxylic acids is 1. The van der Waals surface area contributed by atoms with Crippen molar-refractivity contribution in [2.45, 2.75) is 18.9 Å². The zero-order chi connectivity index (χ0) is 18.8. The van der Waals surface area contributed by atoms with Crippen LogP contribution < -0.4 is 4.74 Å². The minimum Gasteiger partial charge on any atom is -0.484 e. The molecule has 0 aliphatic carbocycles. The number of rotatable bonds is 5. The first-order valence-electron chi connectivity index (χ1n) is 7.26. The van der Waals surface area contributed by atoms with Gasteiger partial charge in [0.1, 0.15) is 5.75 Å². The second-order valence-electron chi connectivity index (χ2n) is 5.84. The van der Waals surface area contributed by atoms with Gasteiger partial charge in [0, 0.05) is 19.6 Å². The maximum Gasteiger partial charge on any atom is 0.422 e. The third kappa shape index (κ3) is 5.52. The molecule has 0 unspecified atom stereocenters. The van der Waals surface area contributed by atoms with Gasteiger partial charge in [0.15, 0.2) is 6.61 Å². The van der Waals surface area contributed by atoms with Crippen molar-refractivity contribution in [3.8, 4) is 5.75 Å². The van der Waals surface area contributed by atoms with E-state index in [9.17, 15) is 31.1 Å². The molecule has 10 heteroatoms. The van der Waals surface area contributed by atoms with E-state index in [1.807, 2.05) is 0 Å². The van der Waals surface area contributed by atoms with E-state index < -0.39 is 43.3 Å². The molecule has 1 saturated heterocycles. The highest BCUT2D eigenvalue weighted by molar-refractivity contribution is 5.71. The molecule has 2 rings (SSSR count). The smallest absolute Gasteiger partial charge is 0.422 e. The molecule has 0 bridgehead atoms. The highest BCUT2D eigenvalue weighted by Gasteiger charge is 2.52. The van der Waals surface area contributed by atoms with Gasteiger partial charge in [-0.2, -0.15) is 26.3 Å². The molecular weight excluding hydrogens is 356 g/mol. The lowest BCUT2D eigenvalue weighted by Gasteiger charge is -2.18. The van der Waals surface area contributed by atoms with Crippen LogP contribution in [0.5, 0.6) is 5.75 Å². The summed E-state index contributed by atoms with van der Waals surface area (Å²) in [5.41, 5.74) is 0.437. The third-order valence-electron chi connectivity index (χ3n) is 3.84. The van der Waals surface area contributed by atoms with Crippen LogP contribution in [0.2, 0.25) is 0 Å². The van der Waals surface area contributed by atoms with Gasteiger partial charge in [-0.25, -0.2) is 0 Å². The Morgan fingerprint density at radius 3 is 2.40 bits per heavy atom. The lowest BCUT2D eigenvalue weighted by Crippen LogP contribution is -2.33. The summed E-state index contributed by atoms with van der Waals surface area (Å²) in [6.45, 7) is -2.25. The molecule has 1 fully saturated rings. The largest absolute Gasteiger partial charge is 0.484 e. The minimum atomic E-state index is -4.63. The van der Waals surface area contributed by atoms with Gasteiger partial charge in [0.2, 0.25) is 0 Å². The van der Waals surface area contributed by atoms with Gasteiger partial charge in [-0.1, -0.05) is 12.1 Å². The summed E-state index contributed by atoms with van der Waals surface area (Å²) in [6, 6.07) is 5.55. The Balaban J connectivity index is 2.04. The highest BCUT2D eigenvalue weighted by Crippen LogP contribution is 2.38. The van der Waals surface area contributed by atoms with Crippen LogP contribution in [-0.2, 0) is 11.3 Å². The molecule has 0 amide bonds. The molecule has 1 heterocycles. The molecular formula is C15H15F6NO3. The fourth-order valence-electron chi connectivity index (χ4n) is 2.75. The second-order valence-corrected chi connectivity index (χ2v) is 5.84. The normalized spacial score (nSPS) is 22.2. The van der Waals surface area contributed by atoms with Crippen LogP contribution in [0.1, 0.15) is 5.56 Å². The Labute approximate surface area is 139 Å². The van der Waals surface area contributed by atoms with E-state index in [1.165, 1.54) is 29.2 Å². The summed E-state index contributed by atoms with van der Waals surface area (Å²) in [7, 11) is 0. The van der Waals surface area contributed by atoms with Crippen molar-refractivity contribution < 1.29 is 41.0 Å². The van der Waals surface area contributed by atoms with Gasteiger partial charge in [-0.3, -0.25) is 9.69 Å². The van der Waals surface area contributed by atoms with Crippen LogP contribution in [0.3, 0.4) is 0 Å². The number of nitrogens with zero attached hydrogens (tertiary/aromatic N) is 1. The molecule has 0 aromatic heterocycles. The van der Waals surface area contributed by atoms with Crippen molar-refractivity contribution in [1.82, 2.24) is 4.90 Å². The van der Waals surface area contributed by atoms with Gasteiger partial charge in [0.05, 0.1) is 11.8 Å². The number of carbonyl (C=O) groups is 1. The topological polar surface area (TPSA) is 49.8 Å². The van der Waals surface area contributed by atoms with Gasteiger partial charge in [-0.05, 0) is 17.7 Å². The summed E-state index contributed by atoms with van der Waals surface area (Å²) in [4.78, 5) is 12.4. The number of hydrogen-bond donors (Lipinski definition) is 1. The van der Waals surface area contributed by atoms with Gasteiger partial charge >= 0.3 is 18.3 Å². The number of halogens is 6. The molecule has 2 atom stereocenters. The number of benzene rings is 1. The van der Waals surface area contributed by atoms with E-state index in [-0.39, 0.29) is 18.8 Å². The molecule has 1 aliphatic rings. The van der Waals surface area contributed by atoms with E-state index in [0.717, 1.165) is 0 Å². The van der Waals surface area contributed by atoms with Crippen LogP contribution in [-0.4, -0.2) is 48.0 Å². The minimum absolute atomic E-state index is 0.0143. The van der Waals surface area contributed by atoms with E-state index in [0.29, 0.717) is 5.56 Å². The van der Waals surface area contributed by atoms with Crippen LogP contribution in [0.15, 0.2) is 24.3 Å². The summed E-state index contributed by atoms with van der Waals surface area (Å²) in [5, 5.41) is 8.97. The first-order chi connectivity index (χ1) is 11.5. The summed E-state index contributed by atoms with van der Waals surface area (Å²) < 4.78 is 79.9. The Bertz CT molecular complexity index is 616. The molecule has 1 aromatic rings. The number of carboxylic acid groups (broad SMARTS) is 1. The fourth-order valence-corrected chi connectivity index (χ4v) is 2.75. The van der Waals surface area contributed by atoms with Gasteiger partial charge in [-0.15, -0.1) is 0 Å². The molecule has 1 aromatic carbocycles. The number of likely N-dealkylation sites (tertiary alicyclic amines) is 1. The van der Waals surface area contributed by atoms with E-state index in [1.54, 1.807) is 0 Å². The number of carboxylic acids is 1. The van der Waals surface area contributed by atoms with Crippen LogP contribution in [0.25, 0.3) is 0 Å². The molecule has 0 spiro atoms. The van der Waals surface area contributed by atoms with E-state index in [2.05, 4.69) is 4.74 Å². The Kier molecular flexibility index (Phi) is 5.50. The molecule has 4 nitrogen and oxygen atoms in total. The average molecular weight is 371 g/mol. The average Bonchev–Trinajstić information content (AvgIpc) is 2.89. The Hall–Kier alpha value is -1.97. The van der Waals surface area contributed by atoms with E-state index in [4.69, 9.17) is 5.11 Å². The predicted molar refractivity (Wildman–Crippen MR) is 73.9 cm³/mol. The van der Waals surface area contributed by atoms with Gasteiger partial charge < -0.3 is 9.84 Å². The Morgan fingerprint density at radius 2 is 1.88 bits per heavy atom. The molecule has 1 N–H and O–H groups in total. The first kappa shape index (κ1) is 19.4. The van der Waals surface area contributed by atoms with E-state index >= 15 is 0 Å². The molecule has 0 radical (unpaired) electrons. The number of ether oxygens (including phenoxy) is 1. The maximum absolute atomic E-state index is 12.9. The van der Waals surface area contributed by atoms with Crippen molar-refractivity contribution in [3.05, 3.63) is 29.8 Å². The fraction of sp³-hybridized carbons (Fsp3) is 0.533. The van der Waals surface area contributed by atoms with Crippen LogP contribution in [0.4, 0.5) is 26.3 Å². The van der Waals surface area contributed by atoms with Crippen LogP contribution >= 0.6 is 0 Å². The van der Waals surface area contributed by atoms with Crippen molar-refractivity contribution in [3.63, 3.8) is 0 Å². The second kappa shape index (κ2) is 7.11. The highest BCUT2D eigenvalue weighted by atomic mass is 19.4. The van der Waals surface area contributed by atoms with Crippen molar-refractivity contribution in [1.29, 1.82) is 0 Å². The monoisotopic (exact) mass is 371 g/mol. The third-order valence-corrected chi connectivity index (χ3v) is 3.84. The van der Waals surface area contributed by atoms with Crippen molar-refractivity contribution in [2.75, 3.05) is 19.7 Å². The lowest BCUT2D eigenvalue weighted by molar-refractivity contribution is -0.188. The SMILES string of the molecule is O=C(O)[C@@H]1CN(Cc2cccc(OCC(F)(F)F)c2)C[C@H]1C(F)(F)F. The zero-order valence-electron chi connectivity index (χ0n) is 12.8. The number of hydrogen-bond acceptors (Lipinski definition) is 3. The van der Waals surface area contributed by atoms with Crippen LogP contribution in [0, 0.1) is 11.8 Å². The van der Waals surface area contributed by atoms with Crippen molar-refractivity contribution in [2.24, 2.45) is 11.8 Å². The first-order valence-corrected chi connectivity index (χ1v) is 7.26. The van der Waals surface area contributed by atoms with Gasteiger partial charge in [0.25, 0.3) is 0 Å². The Morgan fingerprint density at radius 1 is 1.20 bits per heavy atom. The summed E-state index contributed by atoms with van der Waals surface area (Å²) >= 11 is 0. The molecule has 25 heavy (non-hydrogen) atoms. The zero-order valence-corrected chi connectivity index (χ0v) is 12.8. The predicted octanol–water partition coefficient (Wildman–Crippen LogP) is 3.32. The molecule has 1 aliphatic heterocycles. The summed E-state index contributed by atoms with van der Waals surface area (Å²) in [6.07, 6.45) is -9.13. The standard InChI is InChI=1S/C15H15F6NO3/c16-14(17,18)8-25-10-3-1-2-9(4-10)5-22-6-11(13(23)24)12(7-22)15(19,20)21/h1-4,11-12H,5-8H2,(H,23,24)/t11-,12-/m1/s1. The molecule has 0 saturated carbocycles. The quantitative estimate of drug-likeness (QED) is 0.807. The molecule has 140 valence electrons. The number of alkyl halides is 6. The lowest BCUT2D eigenvalue weighted by atomic mass is 9.96.